The van der Waals surface area contributed by atoms with Crippen LogP contribution in [0.4, 0.5) is 5.69 Å². The second-order valence-electron chi connectivity index (χ2n) is 10.6. The van der Waals surface area contributed by atoms with Crippen molar-refractivity contribution in [1.82, 2.24) is 10.2 Å². The summed E-state index contributed by atoms with van der Waals surface area (Å²) in [7, 11) is -2.59. The van der Waals surface area contributed by atoms with E-state index in [1.165, 1.54) is 17.0 Å². The number of benzene rings is 4. The number of likely N-dealkylation sites (N-methyl/N-ethyl adjacent to an activating group) is 1. The molecule has 0 saturated heterocycles. The Morgan fingerprint density at radius 2 is 1.50 bits per heavy atom. The normalized spacial score (nSPS) is 11.8. The Labute approximate surface area is 260 Å². The van der Waals surface area contributed by atoms with Gasteiger partial charge in [0.1, 0.15) is 18.3 Å². The topological polar surface area (TPSA) is 96.0 Å². The molecule has 8 nitrogen and oxygen atoms in total. The number of rotatable bonds is 13. The SMILES string of the molecule is CCNC(=O)C(Cc1ccccc1)N(Cc1cccc(OC)c1)C(=O)CN(c1cc(C)ccc1C)S(=O)(=O)c1ccccc1. The summed E-state index contributed by atoms with van der Waals surface area (Å²) in [5.74, 6) is -0.228. The minimum Gasteiger partial charge on any atom is -0.497 e. The molecule has 0 bridgehead atoms. The molecule has 9 heteroatoms. The molecule has 0 radical (unpaired) electrons. The van der Waals surface area contributed by atoms with Crippen LogP contribution in [0.15, 0.2) is 108 Å². The van der Waals surface area contributed by atoms with Gasteiger partial charge in [0.2, 0.25) is 11.8 Å². The van der Waals surface area contributed by atoms with Crippen molar-refractivity contribution in [2.24, 2.45) is 0 Å². The largest absolute Gasteiger partial charge is 0.497 e. The molecular weight excluding hydrogens is 574 g/mol. The van der Waals surface area contributed by atoms with Crippen LogP contribution in [-0.2, 0) is 32.6 Å². The third-order valence-corrected chi connectivity index (χ3v) is 9.13. The summed E-state index contributed by atoms with van der Waals surface area (Å²) in [5, 5.41) is 2.88. The quantitative estimate of drug-likeness (QED) is 0.221. The molecule has 0 aliphatic heterocycles. The number of hydrogen-bond acceptors (Lipinski definition) is 5. The molecule has 44 heavy (non-hydrogen) atoms. The van der Waals surface area contributed by atoms with E-state index in [4.69, 9.17) is 4.74 Å². The first-order valence-corrected chi connectivity index (χ1v) is 16.0. The Kier molecular flexibility index (Phi) is 10.8. The van der Waals surface area contributed by atoms with Crippen LogP contribution in [0.1, 0.15) is 29.2 Å². The van der Waals surface area contributed by atoms with Crippen LogP contribution in [0.2, 0.25) is 0 Å². The van der Waals surface area contributed by atoms with Crippen molar-refractivity contribution in [3.8, 4) is 5.75 Å². The molecule has 1 N–H and O–H groups in total. The van der Waals surface area contributed by atoms with E-state index in [0.717, 1.165) is 21.0 Å². The number of sulfonamides is 1. The molecule has 4 aromatic carbocycles. The molecule has 0 aliphatic carbocycles. The first kappa shape index (κ1) is 32.3. The van der Waals surface area contributed by atoms with E-state index < -0.39 is 28.5 Å². The maximum absolute atomic E-state index is 14.5. The fraction of sp³-hybridized carbons (Fsp3) is 0.257. The van der Waals surface area contributed by atoms with Crippen LogP contribution in [0.5, 0.6) is 5.75 Å². The average molecular weight is 614 g/mol. The molecule has 1 unspecified atom stereocenters. The van der Waals surface area contributed by atoms with E-state index in [2.05, 4.69) is 5.32 Å². The summed E-state index contributed by atoms with van der Waals surface area (Å²) in [6.45, 7) is 5.45. The van der Waals surface area contributed by atoms with Gasteiger partial charge >= 0.3 is 0 Å². The summed E-state index contributed by atoms with van der Waals surface area (Å²) >= 11 is 0. The lowest BCUT2D eigenvalue weighted by Crippen LogP contribution is -2.53. The molecular formula is C35H39N3O5S. The molecule has 0 heterocycles. The number of methoxy groups -OCH3 is 1. The highest BCUT2D eigenvalue weighted by Crippen LogP contribution is 2.29. The molecule has 0 fully saturated rings. The van der Waals surface area contributed by atoms with Crippen molar-refractivity contribution in [2.75, 3.05) is 24.5 Å². The van der Waals surface area contributed by atoms with Gasteiger partial charge in [-0.2, -0.15) is 0 Å². The summed E-state index contributed by atoms with van der Waals surface area (Å²) in [5.41, 5.74) is 3.57. The van der Waals surface area contributed by atoms with Gasteiger partial charge in [-0.25, -0.2) is 8.42 Å². The van der Waals surface area contributed by atoms with Gasteiger partial charge in [0.05, 0.1) is 17.7 Å². The van der Waals surface area contributed by atoms with Gasteiger partial charge in [0.25, 0.3) is 10.0 Å². The first-order valence-electron chi connectivity index (χ1n) is 14.5. The molecule has 0 aromatic heterocycles. The number of amides is 2. The van der Waals surface area contributed by atoms with Crippen molar-refractivity contribution in [2.45, 2.75) is 44.7 Å². The van der Waals surface area contributed by atoms with Crippen molar-refractivity contribution >= 4 is 27.5 Å². The average Bonchev–Trinajstić information content (AvgIpc) is 3.03. The number of carbonyl (C=O) groups excluding carboxylic acids is 2. The second kappa shape index (κ2) is 14.7. The zero-order valence-corrected chi connectivity index (χ0v) is 26.4. The zero-order valence-electron chi connectivity index (χ0n) is 25.6. The van der Waals surface area contributed by atoms with Crippen LogP contribution in [0, 0.1) is 13.8 Å². The molecule has 0 aliphatic rings. The zero-order chi connectivity index (χ0) is 31.7. The molecule has 230 valence electrons. The van der Waals surface area contributed by atoms with Gasteiger partial charge in [-0.1, -0.05) is 72.8 Å². The van der Waals surface area contributed by atoms with Gasteiger partial charge < -0.3 is 15.0 Å². The van der Waals surface area contributed by atoms with Crippen LogP contribution in [0.25, 0.3) is 0 Å². The van der Waals surface area contributed by atoms with Crippen molar-refractivity contribution in [3.63, 3.8) is 0 Å². The van der Waals surface area contributed by atoms with Crippen molar-refractivity contribution < 1.29 is 22.7 Å². The number of anilines is 1. The number of hydrogen-bond donors (Lipinski definition) is 1. The van der Waals surface area contributed by atoms with Crippen LogP contribution in [0.3, 0.4) is 0 Å². The predicted octanol–water partition coefficient (Wildman–Crippen LogP) is 5.28. The highest BCUT2D eigenvalue weighted by molar-refractivity contribution is 7.92. The highest BCUT2D eigenvalue weighted by atomic mass is 32.2. The van der Waals surface area contributed by atoms with Crippen molar-refractivity contribution in [3.05, 3.63) is 125 Å². The lowest BCUT2D eigenvalue weighted by atomic mass is 10.0. The van der Waals surface area contributed by atoms with E-state index in [1.807, 2.05) is 75.4 Å². The summed E-state index contributed by atoms with van der Waals surface area (Å²) in [4.78, 5) is 29.7. The highest BCUT2D eigenvalue weighted by Gasteiger charge is 2.35. The minimum absolute atomic E-state index is 0.0662. The van der Waals surface area contributed by atoms with Gasteiger partial charge in [-0.3, -0.25) is 13.9 Å². The number of nitrogens with one attached hydrogen (secondary N) is 1. The number of nitrogens with zero attached hydrogens (tertiary/aromatic N) is 2. The molecule has 1 atom stereocenters. The third kappa shape index (κ3) is 7.85. The van der Waals surface area contributed by atoms with E-state index in [1.54, 1.807) is 43.5 Å². The summed E-state index contributed by atoms with van der Waals surface area (Å²) in [6.07, 6.45) is 0.247. The molecule has 2 amide bonds. The predicted molar refractivity (Wildman–Crippen MR) is 173 cm³/mol. The van der Waals surface area contributed by atoms with Gasteiger partial charge in [0.15, 0.2) is 0 Å². The van der Waals surface area contributed by atoms with Gasteiger partial charge in [0, 0.05) is 19.5 Å². The second-order valence-corrected chi connectivity index (χ2v) is 12.5. The summed E-state index contributed by atoms with van der Waals surface area (Å²) < 4.78 is 34.9. The Morgan fingerprint density at radius 3 is 2.16 bits per heavy atom. The van der Waals surface area contributed by atoms with Crippen LogP contribution in [-0.4, -0.2) is 51.4 Å². The molecule has 4 rings (SSSR count). The van der Waals surface area contributed by atoms with E-state index in [0.29, 0.717) is 23.5 Å². The fourth-order valence-corrected chi connectivity index (χ4v) is 6.53. The van der Waals surface area contributed by atoms with E-state index >= 15 is 0 Å². The molecule has 0 spiro atoms. The maximum atomic E-state index is 14.5. The van der Waals surface area contributed by atoms with Crippen LogP contribution < -0.4 is 14.4 Å². The van der Waals surface area contributed by atoms with E-state index in [-0.39, 0.29) is 23.8 Å². The maximum Gasteiger partial charge on any atom is 0.264 e. The van der Waals surface area contributed by atoms with E-state index in [9.17, 15) is 18.0 Å². The van der Waals surface area contributed by atoms with Gasteiger partial charge in [-0.05, 0) is 73.4 Å². The monoisotopic (exact) mass is 613 g/mol. The first-order chi connectivity index (χ1) is 21.1. The molecule has 0 saturated carbocycles. The Morgan fingerprint density at radius 1 is 0.841 bits per heavy atom. The lowest BCUT2D eigenvalue weighted by molar-refractivity contribution is -0.140. The smallest absolute Gasteiger partial charge is 0.264 e. The van der Waals surface area contributed by atoms with Crippen LogP contribution >= 0.6 is 0 Å². The molecule has 4 aromatic rings. The Bertz CT molecular complexity index is 1680. The fourth-order valence-electron chi connectivity index (χ4n) is 5.03. The number of aryl methyl sites for hydroxylation is 2. The van der Waals surface area contributed by atoms with Gasteiger partial charge in [-0.15, -0.1) is 0 Å². The lowest BCUT2D eigenvalue weighted by Gasteiger charge is -2.34. The Hall–Kier alpha value is -4.63. The number of ether oxygens (including phenoxy) is 1. The third-order valence-electron chi connectivity index (χ3n) is 7.35. The number of carbonyl (C=O) groups is 2. The van der Waals surface area contributed by atoms with Crippen molar-refractivity contribution in [1.29, 1.82) is 0 Å². The summed E-state index contributed by atoms with van der Waals surface area (Å²) in [6, 6.07) is 29.4. The minimum atomic E-state index is -4.16. The Balaban J connectivity index is 1.83. The standard InChI is InChI=1S/C35H39N3O5S/c1-5-36-35(40)33(23-28-13-8-6-9-14-28)37(24-29-15-12-16-30(22-29)43-4)34(39)25-38(32-21-26(2)19-20-27(32)3)44(41,42)31-17-10-7-11-18-31/h6-22,33H,5,23-25H2,1-4H3,(H,36,40).